The summed E-state index contributed by atoms with van der Waals surface area (Å²) in [6.45, 7) is 12.1. The second kappa shape index (κ2) is 9.71. The van der Waals surface area contributed by atoms with E-state index in [0.717, 1.165) is 82.6 Å². The second-order valence-electron chi connectivity index (χ2n) is 7.04. The molecule has 2 aliphatic rings. The number of hydrogen-bond donors (Lipinski definition) is 1. The van der Waals surface area contributed by atoms with Gasteiger partial charge in [0.25, 0.3) is 0 Å². The van der Waals surface area contributed by atoms with Crippen LogP contribution >= 0.6 is 11.8 Å². The molecule has 0 atom stereocenters. The van der Waals surface area contributed by atoms with Gasteiger partial charge < -0.3 is 19.7 Å². The number of carbonyl (C=O) groups is 1. The lowest BCUT2D eigenvalue weighted by molar-refractivity contribution is -0.129. The Morgan fingerprint density at radius 2 is 2.00 bits per heavy atom. The van der Waals surface area contributed by atoms with Crippen LogP contribution in [-0.2, 0) is 17.9 Å². The Kier molecular flexibility index (Phi) is 7.33. The van der Waals surface area contributed by atoms with E-state index in [9.17, 15) is 4.79 Å². The van der Waals surface area contributed by atoms with E-state index in [2.05, 4.69) is 38.8 Å². The molecule has 146 valence electrons. The van der Waals surface area contributed by atoms with Gasteiger partial charge in [0.05, 0.1) is 12.3 Å². The highest BCUT2D eigenvalue weighted by atomic mass is 32.2. The van der Waals surface area contributed by atoms with Gasteiger partial charge in [0.15, 0.2) is 0 Å². The number of thioether (sulfide) groups is 1. The average Bonchev–Trinajstić information content (AvgIpc) is 3.12. The zero-order chi connectivity index (χ0) is 18.4. The first-order valence-corrected chi connectivity index (χ1v) is 11.1. The molecule has 0 saturated carbocycles. The van der Waals surface area contributed by atoms with Crippen LogP contribution in [0.5, 0.6) is 0 Å². The van der Waals surface area contributed by atoms with Gasteiger partial charge in [-0.2, -0.15) is 11.8 Å². The Morgan fingerprint density at radius 3 is 2.73 bits per heavy atom. The third-order valence-electron chi connectivity index (χ3n) is 5.54. The number of nitrogens with zero attached hydrogens (tertiary/aromatic N) is 5. The quantitative estimate of drug-likeness (QED) is 0.683. The fraction of sp³-hybridized carbons (Fsp3) is 0.833. The molecular formula is C18H32N6OS. The Bertz CT molecular complexity index is 580. The lowest BCUT2D eigenvalue weighted by atomic mass is 9.95. The van der Waals surface area contributed by atoms with Crippen LogP contribution in [0.1, 0.15) is 44.3 Å². The van der Waals surface area contributed by atoms with E-state index < -0.39 is 0 Å². The van der Waals surface area contributed by atoms with Crippen molar-refractivity contribution in [1.29, 1.82) is 0 Å². The normalized spacial score (nSPS) is 18.3. The van der Waals surface area contributed by atoms with Crippen molar-refractivity contribution in [2.45, 2.75) is 45.7 Å². The Labute approximate surface area is 160 Å². The average molecular weight is 381 g/mol. The van der Waals surface area contributed by atoms with Crippen molar-refractivity contribution in [3.8, 4) is 0 Å². The van der Waals surface area contributed by atoms with Crippen molar-refractivity contribution in [2.24, 2.45) is 0 Å². The van der Waals surface area contributed by atoms with Gasteiger partial charge in [0.2, 0.25) is 5.91 Å². The fourth-order valence-electron chi connectivity index (χ4n) is 3.79. The Balaban J connectivity index is 1.41. The van der Waals surface area contributed by atoms with Gasteiger partial charge in [-0.25, -0.2) is 0 Å². The largest absolute Gasteiger partial charge is 0.342 e. The van der Waals surface area contributed by atoms with Crippen molar-refractivity contribution < 1.29 is 4.79 Å². The molecule has 1 fully saturated rings. The third-order valence-corrected chi connectivity index (χ3v) is 6.46. The molecule has 0 radical (unpaired) electrons. The molecule has 7 nitrogen and oxygen atoms in total. The zero-order valence-corrected chi connectivity index (χ0v) is 16.9. The van der Waals surface area contributed by atoms with Crippen molar-refractivity contribution in [3.05, 3.63) is 11.6 Å². The molecule has 1 aromatic heterocycles. The SMILES string of the molecule is CCN(CC)CCSCC(=O)N1CCC(c2nnc3n2CCNC3)CC1. The number of aromatic nitrogens is 3. The van der Waals surface area contributed by atoms with E-state index in [0.29, 0.717) is 17.6 Å². The van der Waals surface area contributed by atoms with E-state index in [1.807, 2.05) is 4.90 Å². The standard InChI is InChI=1S/C18H32N6OS/c1-3-22(4-2)11-12-26-14-17(25)23-8-5-15(6-9-23)18-21-20-16-13-19-7-10-24(16)18/h15,19H,3-14H2,1-2H3. The summed E-state index contributed by atoms with van der Waals surface area (Å²) in [5.41, 5.74) is 0. The van der Waals surface area contributed by atoms with Gasteiger partial charge >= 0.3 is 0 Å². The number of fused-ring (bicyclic) bond motifs is 1. The van der Waals surface area contributed by atoms with Crippen LogP contribution in [0, 0.1) is 0 Å². The van der Waals surface area contributed by atoms with Crippen LogP contribution in [0.2, 0.25) is 0 Å². The van der Waals surface area contributed by atoms with Crippen molar-refractivity contribution >= 4 is 17.7 Å². The number of likely N-dealkylation sites (tertiary alicyclic amines) is 1. The molecule has 1 amide bonds. The van der Waals surface area contributed by atoms with E-state index >= 15 is 0 Å². The molecule has 1 aromatic rings. The highest BCUT2D eigenvalue weighted by molar-refractivity contribution is 7.99. The summed E-state index contributed by atoms with van der Waals surface area (Å²) in [6, 6.07) is 0. The molecule has 3 heterocycles. The first-order valence-electron chi connectivity index (χ1n) is 9.93. The van der Waals surface area contributed by atoms with Crippen LogP contribution in [0.25, 0.3) is 0 Å². The minimum atomic E-state index is 0.292. The number of amides is 1. The first-order chi connectivity index (χ1) is 12.7. The predicted molar refractivity (Wildman–Crippen MR) is 105 cm³/mol. The summed E-state index contributed by atoms with van der Waals surface area (Å²) in [6.07, 6.45) is 2.00. The molecule has 1 saturated heterocycles. The summed E-state index contributed by atoms with van der Waals surface area (Å²) in [5.74, 6) is 4.55. The van der Waals surface area contributed by atoms with Gasteiger partial charge in [0, 0.05) is 44.4 Å². The summed E-state index contributed by atoms with van der Waals surface area (Å²) in [4.78, 5) is 16.9. The topological polar surface area (TPSA) is 66.3 Å². The Hall–Kier alpha value is -1.12. The second-order valence-corrected chi connectivity index (χ2v) is 8.14. The number of carbonyl (C=O) groups excluding carboxylic acids is 1. The van der Waals surface area contributed by atoms with E-state index in [1.165, 1.54) is 0 Å². The smallest absolute Gasteiger partial charge is 0.232 e. The van der Waals surface area contributed by atoms with Crippen LogP contribution in [-0.4, -0.2) is 81.2 Å². The van der Waals surface area contributed by atoms with Crippen LogP contribution in [0.15, 0.2) is 0 Å². The monoisotopic (exact) mass is 380 g/mol. The molecule has 0 aromatic carbocycles. The summed E-state index contributed by atoms with van der Waals surface area (Å²) < 4.78 is 2.28. The molecule has 0 spiro atoms. The molecule has 0 unspecified atom stereocenters. The number of nitrogens with one attached hydrogen (secondary N) is 1. The summed E-state index contributed by atoms with van der Waals surface area (Å²) >= 11 is 1.76. The lowest BCUT2D eigenvalue weighted by Crippen LogP contribution is -2.40. The number of piperidine rings is 1. The lowest BCUT2D eigenvalue weighted by Gasteiger charge is -2.32. The first kappa shape index (κ1) is 19.6. The van der Waals surface area contributed by atoms with Gasteiger partial charge in [-0.1, -0.05) is 13.8 Å². The number of rotatable bonds is 8. The van der Waals surface area contributed by atoms with Crippen molar-refractivity contribution in [1.82, 2.24) is 29.9 Å². The maximum atomic E-state index is 12.5. The molecule has 2 aliphatic heterocycles. The van der Waals surface area contributed by atoms with Gasteiger partial charge in [-0.05, 0) is 25.9 Å². The van der Waals surface area contributed by atoms with Gasteiger partial charge in [-0.3, -0.25) is 4.79 Å². The molecule has 3 rings (SSSR count). The molecule has 0 aliphatic carbocycles. The molecule has 26 heavy (non-hydrogen) atoms. The summed E-state index contributed by atoms with van der Waals surface area (Å²) in [5, 5.41) is 12.1. The van der Waals surface area contributed by atoms with E-state index in [4.69, 9.17) is 0 Å². The van der Waals surface area contributed by atoms with Crippen LogP contribution in [0.3, 0.4) is 0 Å². The maximum Gasteiger partial charge on any atom is 0.232 e. The minimum absolute atomic E-state index is 0.292. The maximum absolute atomic E-state index is 12.5. The number of hydrogen-bond acceptors (Lipinski definition) is 6. The third kappa shape index (κ3) is 4.78. The highest BCUT2D eigenvalue weighted by Crippen LogP contribution is 2.28. The van der Waals surface area contributed by atoms with Crippen molar-refractivity contribution in [2.75, 3.05) is 50.8 Å². The predicted octanol–water partition coefficient (Wildman–Crippen LogP) is 1.16. The van der Waals surface area contributed by atoms with Crippen LogP contribution in [0.4, 0.5) is 0 Å². The molecule has 1 N–H and O–H groups in total. The Morgan fingerprint density at radius 1 is 1.23 bits per heavy atom. The molecular weight excluding hydrogens is 348 g/mol. The molecule has 8 heteroatoms. The zero-order valence-electron chi connectivity index (χ0n) is 16.1. The molecule has 0 bridgehead atoms. The minimum Gasteiger partial charge on any atom is -0.342 e. The van der Waals surface area contributed by atoms with Gasteiger partial charge in [0.1, 0.15) is 11.6 Å². The summed E-state index contributed by atoms with van der Waals surface area (Å²) in [7, 11) is 0. The fourth-order valence-corrected chi connectivity index (χ4v) is 4.68. The van der Waals surface area contributed by atoms with Gasteiger partial charge in [-0.15, -0.1) is 10.2 Å². The van der Waals surface area contributed by atoms with Crippen molar-refractivity contribution in [3.63, 3.8) is 0 Å². The van der Waals surface area contributed by atoms with Crippen LogP contribution < -0.4 is 5.32 Å². The highest BCUT2D eigenvalue weighted by Gasteiger charge is 2.28. The van der Waals surface area contributed by atoms with E-state index in [1.54, 1.807) is 11.8 Å². The van der Waals surface area contributed by atoms with E-state index in [-0.39, 0.29) is 0 Å².